The highest BCUT2D eigenvalue weighted by Gasteiger charge is 2.15. The zero-order chi connectivity index (χ0) is 27.9. The van der Waals surface area contributed by atoms with Crippen molar-refractivity contribution in [3.05, 3.63) is 140 Å². The molecule has 0 saturated carbocycles. The van der Waals surface area contributed by atoms with E-state index in [4.69, 9.17) is 19.9 Å². The molecule has 4 heterocycles. The van der Waals surface area contributed by atoms with Gasteiger partial charge in [0.15, 0.2) is 0 Å². The van der Waals surface area contributed by atoms with E-state index in [9.17, 15) is 0 Å². The van der Waals surface area contributed by atoms with Gasteiger partial charge in [-0.15, -0.1) is 0 Å². The number of hydrogen-bond donors (Lipinski definition) is 0. The highest BCUT2D eigenvalue weighted by Crippen LogP contribution is 2.34. The van der Waals surface area contributed by atoms with Gasteiger partial charge in [-0.1, -0.05) is 84.9 Å². The SMILES string of the molecule is c1ccc(-c2nc3ccccc3nc2-c2cccc(-c3ccc4ccc5ccc(-c6ccncc6)nc5c4n3)c2)cc1. The van der Waals surface area contributed by atoms with Crippen LogP contribution in [0.2, 0.25) is 0 Å². The van der Waals surface area contributed by atoms with Crippen LogP contribution in [-0.2, 0) is 0 Å². The lowest BCUT2D eigenvalue weighted by Crippen LogP contribution is -1.96. The van der Waals surface area contributed by atoms with Crippen molar-refractivity contribution in [2.75, 3.05) is 0 Å². The lowest BCUT2D eigenvalue weighted by Gasteiger charge is -2.12. The van der Waals surface area contributed by atoms with E-state index in [2.05, 4.69) is 71.7 Å². The predicted molar refractivity (Wildman–Crippen MR) is 170 cm³/mol. The molecule has 8 rings (SSSR count). The van der Waals surface area contributed by atoms with Gasteiger partial charge in [-0.2, -0.15) is 0 Å². The molecule has 5 heteroatoms. The van der Waals surface area contributed by atoms with E-state index in [-0.39, 0.29) is 0 Å². The van der Waals surface area contributed by atoms with Crippen LogP contribution >= 0.6 is 0 Å². The van der Waals surface area contributed by atoms with E-state index < -0.39 is 0 Å². The highest BCUT2D eigenvalue weighted by atomic mass is 14.8. The van der Waals surface area contributed by atoms with E-state index in [1.807, 2.05) is 60.7 Å². The normalized spacial score (nSPS) is 11.3. The first-order chi connectivity index (χ1) is 20.8. The van der Waals surface area contributed by atoms with Gasteiger partial charge in [0, 0.05) is 45.4 Å². The molecule has 0 bridgehead atoms. The van der Waals surface area contributed by atoms with E-state index in [1.54, 1.807) is 12.4 Å². The van der Waals surface area contributed by atoms with Crippen molar-refractivity contribution in [1.29, 1.82) is 0 Å². The second-order valence-corrected chi connectivity index (χ2v) is 10.2. The molecule has 196 valence electrons. The van der Waals surface area contributed by atoms with Crippen LogP contribution in [0.15, 0.2) is 140 Å². The maximum absolute atomic E-state index is 5.16. The Balaban J connectivity index is 1.28. The Hall–Kier alpha value is -5.81. The molecule has 42 heavy (non-hydrogen) atoms. The molecular formula is C37H23N5. The second kappa shape index (κ2) is 9.98. The summed E-state index contributed by atoms with van der Waals surface area (Å²) in [5, 5.41) is 2.10. The molecule has 4 aromatic carbocycles. The number of benzene rings is 4. The van der Waals surface area contributed by atoms with Crippen LogP contribution in [0.1, 0.15) is 0 Å². The largest absolute Gasteiger partial charge is 0.265 e. The molecule has 0 N–H and O–H groups in total. The molecule has 0 amide bonds. The Morgan fingerprint density at radius 3 is 1.55 bits per heavy atom. The summed E-state index contributed by atoms with van der Waals surface area (Å²) in [6.45, 7) is 0. The van der Waals surface area contributed by atoms with Crippen LogP contribution in [0.3, 0.4) is 0 Å². The van der Waals surface area contributed by atoms with Gasteiger partial charge in [0.05, 0.1) is 44.8 Å². The maximum atomic E-state index is 5.16. The van der Waals surface area contributed by atoms with Crippen LogP contribution in [-0.4, -0.2) is 24.9 Å². The molecule has 0 aliphatic heterocycles. The minimum Gasteiger partial charge on any atom is -0.265 e. The Morgan fingerprint density at radius 2 is 0.881 bits per heavy atom. The summed E-state index contributed by atoms with van der Waals surface area (Å²) in [6, 6.07) is 43.2. The predicted octanol–water partition coefficient (Wildman–Crippen LogP) is 8.79. The molecule has 0 aliphatic rings. The highest BCUT2D eigenvalue weighted by molar-refractivity contribution is 6.04. The van der Waals surface area contributed by atoms with Crippen molar-refractivity contribution in [3.8, 4) is 45.0 Å². The smallest absolute Gasteiger partial charge is 0.0973 e. The van der Waals surface area contributed by atoms with Gasteiger partial charge in [-0.05, 0) is 42.5 Å². The fraction of sp³-hybridized carbons (Fsp3) is 0. The summed E-state index contributed by atoms with van der Waals surface area (Å²) in [4.78, 5) is 24.5. The summed E-state index contributed by atoms with van der Waals surface area (Å²) >= 11 is 0. The van der Waals surface area contributed by atoms with Gasteiger partial charge in [0.1, 0.15) is 0 Å². The molecule has 0 fully saturated rings. The Bertz CT molecular complexity index is 2250. The van der Waals surface area contributed by atoms with Crippen LogP contribution < -0.4 is 0 Å². The number of hydrogen-bond acceptors (Lipinski definition) is 5. The summed E-state index contributed by atoms with van der Waals surface area (Å²) < 4.78 is 0. The van der Waals surface area contributed by atoms with Gasteiger partial charge in [0.25, 0.3) is 0 Å². The average Bonchev–Trinajstić information content (AvgIpc) is 3.08. The lowest BCUT2D eigenvalue weighted by atomic mass is 10.00. The van der Waals surface area contributed by atoms with Crippen LogP contribution in [0, 0.1) is 0 Å². The standard InChI is InChI=1S/C37H23N5/c1-2-7-25(8-3-1)34-37(42-33-12-5-4-11-32(33)41-34)29-10-6-9-28(23-29)31-18-16-27-14-13-26-15-17-30(24-19-21-38-22-20-24)39-35(26)36(27)40-31/h1-23H. The number of para-hydroxylation sites is 2. The lowest BCUT2D eigenvalue weighted by molar-refractivity contribution is 1.29. The van der Waals surface area contributed by atoms with E-state index in [0.29, 0.717) is 0 Å². The third kappa shape index (κ3) is 4.25. The molecule has 8 aromatic rings. The molecular weight excluding hydrogens is 514 g/mol. The molecule has 0 atom stereocenters. The number of rotatable bonds is 4. The van der Waals surface area contributed by atoms with Crippen LogP contribution in [0.4, 0.5) is 0 Å². The molecule has 0 aliphatic carbocycles. The first kappa shape index (κ1) is 24.0. The third-order valence-corrected chi connectivity index (χ3v) is 7.55. The minimum atomic E-state index is 0.844. The number of aromatic nitrogens is 5. The number of pyridine rings is 3. The maximum Gasteiger partial charge on any atom is 0.0973 e. The average molecular weight is 538 g/mol. The van der Waals surface area contributed by atoms with E-state index in [0.717, 1.165) is 77.9 Å². The zero-order valence-corrected chi connectivity index (χ0v) is 22.5. The van der Waals surface area contributed by atoms with Gasteiger partial charge >= 0.3 is 0 Å². The van der Waals surface area contributed by atoms with Crippen molar-refractivity contribution in [3.63, 3.8) is 0 Å². The number of fused-ring (bicyclic) bond motifs is 4. The molecule has 0 radical (unpaired) electrons. The Labute approximate surface area is 242 Å². The zero-order valence-electron chi connectivity index (χ0n) is 22.5. The number of nitrogens with zero attached hydrogens (tertiary/aromatic N) is 5. The van der Waals surface area contributed by atoms with Crippen molar-refractivity contribution < 1.29 is 0 Å². The van der Waals surface area contributed by atoms with Gasteiger partial charge in [0.2, 0.25) is 0 Å². The van der Waals surface area contributed by atoms with Gasteiger partial charge < -0.3 is 0 Å². The van der Waals surface area contributed by atoms with Crippen molar-refractivity contribution >= 4 is 32.8 Å². The molecule has 5 nitrogen and oxygen atoms in total. The van der Waals surface area contributed by atoms with E-state index >= 15 is 0 Å². The Kier molecular flexibility index (Phi) is 5.71. The van der Waals surface area contributed by atoms with Crippen molar-refractivity contribution in [2.45, 2.75) is 0 Å². The second-order valence-electron chi connectivity index (χ2n) is 10.2. The fourth-order valence-electron chi connectivity index (χ4n) is 5.44. The monoisotopic (exact) mass is 537 g/mol. The summed E-state index contributed by atoms with van der Waals surface area (Å²) in [5.41, 5.74) is 11.0. The molecule has 0 unspecified atom stereocenters. The molecule has 0 spiro atoms. The first-order valence-electron chi connectivity index (χ1n) is 13.8. The van der Waals surface area contributed by atoms with Gasteiger partial charge in [-0.3, -0.25) is 4.98 Å². The molecule has 4 aromatic heterocycles. The minimum absolute atomic E-state index is 0.844. The van der Waals surface area contributed by atoms with Gasteiger partial charge in [-0.25, -0.2) is 19.9 Å². The fourth-order valence-corrected chi connectivity index (χ4v) is 5.44. The van der Waals surface area contributed by atoms with E-state index in [1.165, 1.54) is 0 Å². The van der Waals surface area contributed by atoms with Crippen molar-refractivity contribution in [2.24, 2.45) is 0 Å². The summed E-state index contributed by atoms with van der Waals surface area (Å²) in [5.74, 6) is 0. The summed E-state index contributed by atoms with van der Waals surface area (Å²) in [6.07, 6.45) is 3.58. The third-order valence-electron chi connectivity index (χ3n) is 7.55. The summed E-state index contributed by atoms with van der Waals surface area (Å²) in [7, 11) is 0. The van der Waals surface area contributed by atoms with Crippen LogP contribution in [0.25, 0.3) is 77.9 Å². The quantitative estimate of drug-likeness (QED) is 0.210. The molecule has 0 saturated heterocycles. The first-order valence-corrected chi connectivity index (χ1v) is 13.8. The Morgan fingerprint density at radius 1 is 0.357 bits per heavy atom. The topological polar surface area (TPSA) is 64.5 Å². The van der Waals surface area contributed by atoms with Crippen molar-refractivity contribution in [1.82, 2.24) is 24.9 Å². The van der Waals surface area contributed by atoms with Crippen LogP contribution in [0.5, 0.6) is 0 Å².